The average Bonchev–Trinajstić information content (AvgIpc) is 2.57. The minimum atomic E-state index is 0.550. The van der Waals surface area contributed by atoms with Crippen molar-refractivity contribution in [3.05, 3.63) is 42.9 Å². The number of nitrogens with zero attached hydrogens (tertiary/aromatic N) is 2. The van der Waals surface area contributed by atoms with Crippen LogP contribution in [0.1, 0.15) is 0 Å². The van der Waals surface area contributed by atoms with Crippen LogP contribution in [0.25, 0.3) is 5.69 Å². The summed E-state index contributed by atoms with van der Waals surface area (Å²) in [5.74, 6) is 0.550. The van der Waals surface area contributed by atoms with Crippen LogP contribution in [0.4, 0.5) is 5.82 Å². The van der Waals surface area contributed by atoms with Gasteiger partial charge in [-0.15, -0.1) is 0 Å². The van der Waals surface area contributed by atoms with Gasteiger partial charge in [0.05, 0.1) is 5.69 Å². The molecule has 0 unspecified atom stereocenters. The summed E-state index contributed by atoms with van der Waals surface area (Å²) >= 11 is 0. The fourth-order valence-electron chi connectivity index (χ4n) is 1.12. The molecule has 0 aromatic carbocycles. The lowest BCUT2D eigenvalue weighted by Gasteiger charge is -2.03. The Morgan fingerprint density at radius 3 is 2.58 bits per heavy atom. The molecule has 2 rings (SSSR count). The Bertz CT molecular complexity index is 365. The molecule has 0 atom stereocenters. The molecule has 2 heterocycles. The summed E-state index contributed by atoms with van der Waals surface area (Å²) in [5.41, 5.74) is 6.60. The first-order valence-corrected chi connectivity index (χ1v) is 3.72. The summed E-state index contributed by atoms with van der Waals surface area (Å²) in [7, 11) is 0. The van der Waals surface area contributed by atoms with E-state index in [1.54, 1.807) is 6.20 Å². The largest absolute Gasteiger partial charge is 0.382 e. The van der Waals surface area contributed by atoms with Crippen molar-refractivity contribution in [1.29, 1.82) is 0 Å². The van der Waals surface area contributed by atoms with E-state index in [4.69, 9.17) is 5.73 Å². The summed E-state index contributed by atoms with van der Waals surface area (Å²) in [4.78, 5) is 3.99. The van der Waals surface area contributed by atoms with E-state index in [1.165, 1.54) is 0 Å². The minimum absolute atomic E-state index is 0.550. The molecule has 0 radical (unpaired) electrons. The molecular formula is C9H9N3. The van der Waals surface area contributed by atoms with E-state index in [0.717, 1.165) is 5.69 Å². The summed E-state index contributed by atoms with van der Waals surface area (Å²) in [6.45, 7) is 0. The van der Waals surface area contributed by atoms with E-state index >= 15 is 0 Å². The first-order valence-electron chi connectivity index (χ1n) is 3.72. The maximum atomic E-state index is 5.68. The third-order valence-electron chi connectivity index (χ3n) is 1.70. The molecule has 2 aromatic heterocycles. The van der Waals surface area contributed by atoms with Crippen molar-refractivity contribution < 1.29 is 0 Å². The van der Waals surface area contributed by atoms with Crippen LogP contribution in [0.2, 0.25) is 0 Å². The van der Waals surface area contributed by atoms with Gasteiger partial charge in [-0.2, -0.15) is 0 Å². The summed E-state index contributed by atoms with van der Waals surface area (Å²) < 4.78 is 1.93. The van der Waals surface area contributed by atoms with Crippen LogP contribution in [-0.2, 0) is 0 Å². The monoisotopic (exact) mass is 159 g/mol. The normalized spacial score (nSPS) is 10.0. The van der Waals surface area contributed by atoms with Crippen molar-refractivity contribution in [2.45, 2.75) is 0 Å². The van der Waals surface area contributed by atoms with Gasteiger partial charge in [0.25, 0.3) is 0 Å². The molecule has 60 valence electrons. The van der Waals surface area contributed by atoms with Crippen molar-refractivity contribution in [1.82, 2.24) is 9.55 Å². The van der Waals surface area contributed by atoms with Crippen molar-refractivity contribution in [2.75, 3.05) is 5.73 Å². The van der Waals surface area contributed by atoms with Crippen LogP contribution in [0.15, 0.2) is 42.9 Å². The van der Waals surface area contributed by atoms with Crippen LogP contribution in [-0.4, -0.2) is 9.55 Å². The Morgan fingerprint density at radius 1 is 1.17 bits per heavy atom. The quantitative estimate of drug-likeness (QED) is 0.684. The lowest BCUT2D eigenvalue weighted by atomic mass is 10.4. The highest BCUT2D eigenvalue weighted by molar-refractivity contribution is 5.51. The van der Waals surface area contributed by atoms with E-state index in [-0.39, 0.29) is 0 Å². The first kappa shape index (κ1) is 6.91. The molecule has 0 spiro atoms. The molecule has 12 heavy (non-hydrogen) atoms. The van der Waals surface area contributed by atoms with Gasteiger partial charge in [-0.3, -0.25) is 0 Å². The molecule has 0 aliphatic heterocycles. The van der Waals surface area contributed by atoms with Gasteiger partial charge in [0, 0.05) is 18.6 Å². The number of hydrogen-bond acceptors (Lipinski definition) is 2. The molecule has 3 heteroatoms. The fourth-order valence-corrected chi connectivity index (χ4v) is 1.12. The predicted octanol–water partition coefficient (Wildman–Crippen LogP) is 1.45. The molecule has 3 nitrogen and oxygen atoms in total. The Morgan fingerprint density at radius 2 is 1.92 bits per heavy atom. The minimum Gasteiger partial charge on any atom is -0.382 e. The van der Waals surface area contributed by atoms with E-state index < -0.39 is 0 Å². The zero-order valence-electron chi connectivity index (χ0n) is 6.51. The number of hydrogen-bond donors (Lipinski definition) is 1. The van der Waals surface area contributed by atoms with E-state index in [1.807, 2.05) is 41.2 Å². The van der Waals surface area contributed by atoms with Crippen molar-refractivity contribution in [2.24, 2.45) is 0 Å². The molecule has 2 N–H and O–H groups in total. The van der Waals surface area contributed by atoms with Crippen LogP contribution in [0.3, 0.4) is 0 Å². The van der Waals surface area contributed by atoms with Gasteiger partial charge < -0.3 is 10.3 Å². The fraction of sp³-hybridized carbons (Fsp3) is 0. The number of rotatable bonds is 1. The molecule has 0 aliphatic rings. The Hall–Kier alpha value is -1.77. The number of aromatic nitrogens is 2. The number of nitrogens with two attached hydrogens (primary N) is 1. The Labute approximate surface area is 70.5 Å². The standard InChI is InChI=1S/C9H9N3/c10-9-8(4-3-5-11-9)12-6-1-2-7-12/h1-7H,(H2,10,11). The van der Waals surface area contributed by atoms with E-state index in [9.17, 15) is 0 Å². The lowest BCUT2D eigenvalue weighted by molar-refractivity contribution is 1.07. The second kappa shape index (κ2) is 2.70. The highest BCUT2D eigenvalue weighted by Crippen LogP contribution is 2.12. The van der Waals surface area contributed by atoms with Gasteiger partial charge in [0.1, 0.15) is 5.82 Å². The van der Waals surface area contributed by atoms with E-state index in [2.05, 4.69) is 4.98 Å². The molecule has 0 bridgehead atoms. The van der Waals surface area contributed by atoms with Crippen LogP contribution in [0, 0.1) is 0 Å². The molecular weight excluding hydrogens is 150 g/mol. The Kier molecular flexibility index (Phi) is 1.55. The SMILES string of the molecule is Nc1ncccc1-n1cccc1. The van der Waals surface area contributed by atoms with Gasteiger partial charge in [0.15, 0.2) is 0 Å². The number of pyridine rings is 1. The van der Waals surface area contributed by atoms with Crippen LogP contribution >= 0.6 is 0 Å². The van der Waals surface area contributed by atoms with Crippen molar-refractivity contribution in [3.63, 3.8) is 0 Å². The average molecular weight is 159 g/mol. The lowest BCUT2D eigenvalue weighted by Crippen LogP contribution is -1.98. The van der Waals surface area contributed by atoms with Gasteiger partial charge in [-0.05, 0) is 24.3 Å². The van der Waals surface area contributed by atoms with Crippen LogP contribution < -0.4 is 5.73 Å². The topological polar surface area (TPSA) is 43.8 Å². The van der Waals surface area contributed by atoms with Crippen molar-refractivity contribution in [3.8, 4) is 5.69 Å². The maximum Gasteiger partial charge on any atom is 0.147 e. The summed E-state index contributed by atoms with van der Waals surface area (Å²) in [5, 5.41) is 0. The van der Waals surface area contributed by atoms with E-state index in [0.29, 0.717) is 5.82 Å². The molecule has 0 amide bonds. The van der Waals surface area contributed by atoms with Gasteiger partial charge in [-0.1, -0.05) is 0 Å². The molecule has 0 saturated heterocycles. The van der Waals surface area contributed by atoms with Crippen molar-refractivity contribution >= 4 is 5.82 Å². The second-order valence-electron chi connectivity index (χ2n) is 2.50. The van der Waals surface area contributed by atoms with Gasteiger partial charge in [0.2, 0.25) is 0 Å². The van der Waals surface area contributed by atoms with Gasteiger partial charge >= 0.3 is 0 Å². The second-order valence-corrected chi connectivity index (χ2v) is 2.50. The molecule has 0 fully saturated rings. The number of nitrogen functional groups attached to an aromatic ring is 1. The third kappa shape index (κ3) is 1.05. The first-order chi connectivity index (χ1) is 5.88. The number of anilines is 1. The molecule has 0 aliphatic carbocycles. The molecule has 2 aromatic rings. The maximum absolute atomic E-state index is 5.68. The zero-order valence-corrected chi connectivity index (χ0v) is 6.51. The molecule has 0 saturated carbocycles. The Balaban J connectivity index is 2.55. The highest BCUT2D eigenvalue weighted by Gasteiger charge is 1.98. The zero-order chi connectivity index (χ0) is 8.39. The third-order valence-corrected chi connectivity index (χ3v) is 1.70. The van der Waals surface area contributed by atoms with Gasteiger partial charge in [-0.25, -0.2) is 4.98 Å². The summed E-state index contributed by atoms with van der Waals surface area (Å²) in [6, 6.07) is 7.70. The predicted molar refractivity (Wildman–Crippen MR) is 48.0 cm³/mol. The smallest absolute Gasteiger partial charge is 0.147 e. The van der Waals surface area contributed by atoms with Crippen LogP contribution in [0.5, 0.6) is 0 Å². The highest BCUT2D eigenvalue weighted by atomic mass is 15.0. The summed E-state index contributed by atoms with van der Waals surface area (Å²) in [6.07, 6.45) is 5.56.